The zero-order valence-electron chi connectivity index (χ0n) is 15.8. The highest BCUT2D eigenvalue weighted by atomic mass is 32.2. The summed E-state index contributed by atoms with van der Waals surface area (Å²) in [5, 5.41) is 8.89. The van der Waals surface area contributed by atoms with Crippen molar-refractivity contribution in [2.75, 3.05) is 4.72 Å². The van der Waals surface area contributed by atoms with Crippen LogP contribution in [0, 0.1) is 0 Å². The molecule has 0 heterocycles. The van der Waals surface area contributed by atoms with Crippen LogP contribution in [-0.4, -0.2) is 25.9 Å². The second kappa shape index (κ2) is 8.68. The molecule has 0 saturated heterocycles. The summed E-state index contributed by atoms with van der Waals surface area (Å²) in [6, 6.07) is 16.8. The molecule has 162 valence electrons. The van der Waals surface area contributed by atoms with E-state index in [1.54, 1.807) is 6.07 Å². The van der Waals surface area contributed by atoms with Crippen LogP contribution in [-0.2, 0) is 15.8 Å². The Kier molecular flexibility index (Phi) is 6.21. The number of sulfonamides is 1. The standard InChI is InChI=1S/C21H16F3NO5S/c22-21(23,24)30-19-4-2-1-3-18(19)15-9-11-17(12-10-15)25-31(28,29)13-14-5-7-16(8-6-14)20(26)27/h1-12,25H,13H2,(H,26,27). The first-order valence-electron chi connectivity index (χ1n) is 8.80. The van der Waals surface area contributed by atoms with Crippen molar-refractivity contribution in [1.82, 2.24) is 0 Å². The monoisotopic (exact) mass is 451 g/mol. The number of anilines is 1. The third-order valence-corrected chi connectivity index (χ3v) is 5.40. The number of para-hydroxylation sites is 1. The lowest BCUT2D eigenvalue weighted by atomic mass is 10.0. The Morgan fingerprint density at radius 2 is 1.55 bits per heavy atom. The van der Waals surface area contributed by atoms with Gasteiger partial charge in [0, 0.05) is 11.3 Å². The molecule has 0 saturated carbocycles. The Morgan fingerprint density at radius 3 is 2.13 bits per heavy atom. The van der Waals surface area contributed by atoms with Gasteiger partial charge in [0.25, 0.3) is 0 Å². The predicted octanol–water partition coefficient (Wildman–Crippen LogP) is 4.89. The first-order valence-corrected chi connectivity index (χ1v) is 10.5. The molecule has 31 heavy (non-hydrogen) atoms. The first kappa shape index (κ1) is 22.2. The quantitative estimate of drug-likeness (QED) is 0.534. The minimum Gasteiger partial charge on any atom is -0.478 e. The largest absolute Gasteiger partial charge is 0.573 e. The van der Waals surface area contributed by atoms with Gasteiger partial charge in [-0.05, 0) is 41.5 Å². The molecule has 0 aliphatic rings. The van der Waals surface area contributed by atoms with Crippen molar-refractivity contribution < 1.29 is 36.2 Å². The van der Waals surface area contributed by atoms with Gasteiger partial charge in [-0.3, -0.25) is 4.72 Å². The van der Waals surface area contributed by atoms with Crippen LogP contribution < -0.4 is 9.46 Å². The van der Waals surface area contributed by atoms with Crippen molar-refractivity contribution in [3.05, 3.63) is 83.9 Å². The summed E-state index contributed by atoms with van der Waals surface area (Å²) >= 11 is 0. The number of benzene rings is 3. The smallest absolute Gasteiger partial charge is 0.478 e. The zero-order valence-corrected chi connectivity index (χ0v) is 16.6. The lowest BCUT2D eigenvalue weighted by Gasteiger charge is -2.14. The van der Waals surface area contributed by atoms with Crippen LogP contribution in [0.1, 0.15) is 15.9 Å². The second-order valence-electron chi connectivity index (χ2n) is 6.48. The minimum absolute atomic E-state index is 0.0412. The number of carboxylic acid groups (broad SMARTS) is 1. The van der Waals surface area contributed by atoms with Crippen molar-refractivity contribution in [1.29, 1.82) is 0 Å². The van der Waals surface area contributed by atoms with E-state index in [1.807, 2.05) is 0 Å². The number of alkyl halides is 3. The van der Waals surface area contributed by atoms with E-state index < -0.39 is 22.4 Å². The lowest BCUT2D eigenvalue weighted by Crippen LogP contribution is -2.17. The molecular formula is C21H16F3NO5S. The average Bonchev–Trinajstić information content (AvgIpc) is 2.68. The summed E-state index contributed by atoms with van der Waals surface area (Å²) in [4.78, 5) is 10.9. The Balaban J connectivity index is 1.74. The van der Waals surface area contributed by atoms with Gasteiger partial charge in [0.05, 0.1) is 11.3 Å². The Hall–Kier alpha value is -3.53. The van der Waals surface area contributed by atoms with Gasteiger partial charge in [0.1, 0.15) is 5.75 Å². The second-order valence-corrected chi connectivity index (χ2v) is 8.21. The molecule has 3 rings (SSSR count). The molecule has 3 aromatic carbocycles. The third-order valence-electron chi connectivity index (χ3n) is 4.14. The molecule has 0 bridgehead atoms. The molecule has 0 spiro atoms. The molecule has 0 radical (unpaired) electrons. The lowest BCUT2D eigenvalue weighted by molar-refractivity contribution is -0.274. The molecule has 0 fully saturated rings. The highest BCUT2D eigenvalue weighted by molar-refractivity contribution is 7.91. The van der Waals surface area contributed by atoms with Crippen LogP contribution >= 0.6 is 0 Å². The number of carbonyl (C=O) groups is 1. The molecule has 3 aromatic rings. The summed E-state index contributed by atoms with van der Waals surface area (Å²) in [7, 11) is -3.80. The topological polar surface area (TPSA) is 92.7 Å². The van der Waals surface area contributed by atoms with Gasteiger partial charge >= 0.3 is 12.3 Å². The van der Waals surface area contributed by atoms with Crippen LogP contribution in [0.4, 0.5) is 18.9 Å². The van der Waals surface area contributed by atoms with Crippen molar-refractivity contribution >= 4 is 21.7 Å². The summed E-state index contributed by atoms with van der Waals surface area (Å²) < 4.78 is 69.0. The molecule has 0 aromatic heterocycles. The number of carboxylic acids is 1. The molecule has 0 aliphatic carbocycles. The van der Waals surface area contributed by atoms with Crippen LogP contribution in [0.3, 0.4) is 0 Å². The summed E-state index contributed by atoms with van der Waals surface area (Å²) in [5.41, 5.74) is 1.27. The molecule has 0 atom stereocenters. The van der Waals surface area contributed by atoms with Gasteiger partial charge in [-0.1, -0.05) is 42.5 Å². The molecule has 0 amide bonds. The van der Waals surface area contributed by atoms with Crippen LogP contribution in [0.25, 0.3) is 11.1 Å². The van der Waals surface area contributed by atoms with E-state index in [9.17, 15) is 26.4 Å². The number of aromatic carboxylic acids is 1. The normalized spacial score (nSPS) is 11.7. The summed E-state index contributed by atoms with van der Waals surface area (Å²) in [6.07, 6.45) is -4.84. The first-order chi connectivity index (χ1) is 14.5. The molecular weight excluding hydrogens is 435 g/mol. The van der Waals surface area contributed by atoms with Crippen molar-refractivity contribution in [3.63, 3.8) is 0 Å². The summed E-state index contributed by atoms with van der Waals surface area (Å²) in [6.45, 7) is 0. The van der Waals surface area contributed by atoms with Gasteiger partial charge in [0.15, 0.2) is 0 Å². The van der Waals surface area contributed by atoms with E-state index in [0.717, 1.165) is 0 Å². The van der Waals surface area contributed by atoms with E-state index in [2.05, 4.69) is 9.46 Å². The van der Waals surface area contributed by atoms with E-state index >= 15 is 0 Å². The van der Waals surface area contributed by atoms with Gasteiger partial charge in [-0.15, -0.1) is 13.2 Å². The number of hydrogen-bond acceptors (Lipinski definition) is 4. The van der Waals surface area contributed by atoms with Crippen molar-refractivity contribution in [2.24, 2.45) is 0 Å². The van der Waals surface area contributed by atoms with Crippen LogP contribution in [0.15, 0.2) is 72.8 Å². The fourth-order valence-electron chi connectivity index (χ4n) is 2.82. The third kappa shape index (κ3) is 6.22. The van der Waals surface area contributed by atoms with E-state index in [4.69, 9.17) is 5.11 Å². The zero-order chi connectivity index (χ0) is 22.6. The molecule has 6 nitrogen and oxygen atoms in total. The number of halogens is 3. The SMILES string of the molecule is O=C(O)c1ccc(CS(=O)(=O)Nc2ccc(-c3ccccc3OC(F)(F)F)cc2)cc1. The Morgan fingerprint density at radius 1 is 0.935 bits per heavy atom. The Labute approximate surface area is 176 Å². The number of hydrogen-bond donors (Lipinski definition) is 2. The van der Waals surface area contributed by atoms with Crippen molar-refractivity contribution in [2.45, 2.75) is 12.1 Å². The highest BCUT2D eigenvalue weighted by Crippen LogP contribution is 2.34. The van der Waals surface area contributed by atoms with Crippen molar-refractivity contribution in [3.8, 4) is 16.9 Å². The maximum absolute atomic E-state index is 12.6. The fourth-order valence-corrected chi connectivity index (χ4v) is 4.01. The number of rotatable bonds is 7. The number of nitrogens with one attached hydrogen (secondary N) is 1. The van der Waals surface area contributed by atoms with E-state index in [-0.39, 0.29) is 28.3 Å². The number of ether oxygens (including phenoxy) is 1. The van der Waals surface area contributed by atoms with Crippen LogP contribution in [0.5, 0.6) is 5.75 Å². The molecule has 10 heteroatoms. The maximum Gasteiger partial charge on any atom is 0.573 e. The van der Waals surface area contributed by atoms with Gasteiger partial charge in [-0.25, -0.2) is 13.2 Å². The average molecular weight is 451 g/mol. The van der Waals surface area contributed by atoms with Gasteiger partial charge in [-0.2, -0.15) is 0 Å². The predicted molar refractivity (Wildman–Crippen MR) is 108 cm³/mol. The molecule has 2 N–H and O–H groups in total. The van der Waals surface area contributed by atoms with Gasteiger partial charge < -0.3 is 9.84 Å². The molecule has 0 aliphatic heterocycles. The van der Waals surface area contributed by atoms with Crippen LogP contribution in [0.2, 0.25) is 0 Å². The van der Waals surface area contributed by atoms with E-state index in [1.165, 1.54) is 66.7 Å². The summed E-state index contributed by atoms with van der Waals surface area (Å²) in [5.74, 6) is -1.86. The highest BCUT2D eigenvalue weighted by Gasteiger charge is 2.32. The van der Waals surface area contributed by atoms with E-state index in [0.29, 0.717) is 11.1 Å². The van der Waals surface area contributed by atoms with Gasteiger partial charge in [0.2, 0.25) is 10.0 Å². The Bertz CT molecular complexity index is 1170. The molecule has 0 unspecified atom stereocenters. The maximum atomic E-state index is 12.6. The minimum atomic E-state index is -4.84. The fraction of sp³-hybridized carbons (Fsp3) is 0.0952.